The van der Waals surface area contributed by atoms with Gasteiger partial charge in [-0.3, -0.25) is 0 Å². The van der Waals surface area contributed by atoms with Gasteiger partial charge in [0.05, 0.1) is 11.1 Å². The summed E-state index contributed by atoms with van der Waals surface area (Å²) in [6.45, 7) is 0. The second-order valence-corrected chi connectivity index (χ2v) is 16.6. The summed E-state index contributed by atoms with van der Waals surface area (Å²) in [5, 5.41) is 1.31. The fourth-order valence-electron chi connectivity index (χ4n) is 10.0. The lowest BCUT2D eigenvalue weighted by Crippen LogP contribution is -2.25. The molecule has 1 aromatic heterocycles. The highest BCUT2D eigenvalue weighted by Gasteiger charge is 2.54. The van der Waals surface area contributed by atoms with Crippen molar-refractivity contribution in [1.82, 2.24) is 0 Å². The Kier molecular flexibility index (Phi) is 7.69. The van der Waals surface area contributed by atoms with E-state index in [2.05, 4.69) is 229 Å². The van der Waals surface area contributed by atoms with Gasteiger partial charge in [0.1, 0.15) is 0 Å². The Balaban J connectivity index is 1.16. The average molecular weight is 768 g/mol. The van der Waals surface area contributed by atoms with Crippen molar-refractivity contribution < 1.29 is 0 Å². The maximum Gasteiger partial charge on any atom is 0.0820 e. The Labute approximate surface area is 348 Å². The molecule has 0 saturated carbocycles. The molecule has 12 rings (SSSR count). The summed E-state index contributed by atoms with van der Waals surface area (Å²) in [4.78, 5) is 3.92. The minimum atomic E-state index is -0.438. The van der Waals surface area contributed by atoms with Crippen molar-refractivity contribution in [1.29, 1.82) is 0 Å². The van der Waals surface area contributed by atoms with Crippen LogP contribution in [0.1, 0.15) is 21.6 Å². The van der Waals surface area contributed by atoms with Gasteiger partial charge in [0, 0.05) is 37.5 Å². The Morgan fingerprint density at radius 1 is 0.339 bits per heavy atom. The summed E-state index contributed by atoms with van der Waals surface area (Å²) in [6.07, 6.45) is 0. The molecule has 276 valence electrons. The minimum absolute atomic E-state index is 0.438. The molecule has 2 aliphatic rings. The van der Waals surface area contributed by atoms with Gasteiger partial charge in [-0.15, -0.1) is 11.3 Å². The zero-order valence-electron chi connectivity index (χ0n) is 32.2. The van der Waals surface area contributed by atoms with Gasteiger partial charge in [0.25, 0.3) is 0 Å². The van der Waals surface area contributed by atoms with Crippen molar-refractivity contribution in [3.8, 4) is 55.6 Å². The number of hydrogen-bond acceptors (Lipinski definition) is 2. The smallest absolute Gasteiger partial charge is 0.0820 e. The molecule has 1 nitrogen and oxygen atoms in total. The Morgan fingerprint density at radius 2 is 0.864 bits per heavy atom. The molecule has 9 aromatic carbocycles. The zero-order valence-corrected chi connectivity index (χ0v) is 33.0. The third-order valence-corrected chi connectivity index (χ3v) is 13.8. The molecule has 0 unspecified atom stereocenters. The molecule has 59 heavy (non-hydrogen) atoms. The quantitative estimate of drug-likeness (QED) is 0.163. The van der Waals surface area contributed by atoms with Crippen LogP contribution in [0.2, 0.25) is 0 Å². The molecule has 2 heteroatoms. The zero-order chi connectivity index (χ0) is 38.9. The van der Waals surface area contributed by atoms with Gasteiger partial charge in [-0.05, 0) is 97.6 Å². The molecule has 0 bridgehead atoms. The van der Waals surface area contributed by atoms with Gasteiger partial charge in [-0.2, -0.15) is 0 Å². The van der Waals surface area contributed by atoms with Crippen molar-refractivity contribution in [2.75, 3.05) is 4.90 Å². The van der Waals surface area contributed by atoms with Gasteiger partial charge in [0.15, 0.2) is 0 Å². The standard InChI is InChI=1S/C57H37NS/c1-4-17-38(18-5-1)39-31-33-42(34-32-39)58(43-35-36-44(40-19-6-2-7-20-40)48(37-43)41-21-8-3-9-22-41)52-29-16-28-51-55(52)54-47-25-12-15-30-53(47)59-56(54)57(51)49-26-13-10-23-45(49)46-24-11-14-27-50(46)57/h1-37H. The highest BCUT2D eigenvalue weighted by atomic mass is 32.1. The summed E-state index contributed by atoms with van der Waals surface area (Å²) < 4.78 is 1.32. The number of hydrogen-bond donors (Lipinski definition) is 0. The number of anilines is 3. The lowest BCUT2D eigenvalue weighted by Gasteiger charge is -2.32. The van der Waals surface area contributed by atoms with Crippen molar-refractivity contribution in [2.24, 2.45) is 0 Å². The third-order valence-electron chi connectivity index (χ3n) is 12.5. The van der Waals surface area contributed by atoms with Crippen LogP contribution in [0, 0.1) is 0 Å². The lowest BCUT2D eigenvalue weighted by atomic mass is 9.74. The molecule has 0 N–H and O–H groups in total. The predicted octanol–water partition coefficient (Wildman–Crippen LogP) is 15.7. The minimum Gasteiger partial charge on any atom is -0.310 e. The van der Waals surface area contributed by atoms with Crippen molar-refractivity contribution in [2.45, 2.75) is 5.41 Å². The predicted molar refractivity (Wildman–Crippen MR) is 249 cm³/mol. The van der Waals surface area contributed by atoms with E-state index in [-0.39, 0.29) is 0 Å². The summed E-state index contributed by atoms with van der Waals surface area (Å²) in [7, 11) is 0. The topological polar surface area (TPSA) is 3.24 Å². The number of benzene rings is 9. The average Bonchev–Trinajstić information content (AvgIpc) is 3.94. The molecule has 0 fully saturated rings. The third kappa shape index (κ3) is 5.03. The first-order valence-electron chi connectivity index (χ1n) is 20.3. The van der Waals surface area contributed by atoms with Crippen molar-refractivity contribution in [3.63, 3.8) is 0 Å². The van der Waals surface area contributed by atoms with Crippen LogP contribution in [0.5, 0.6) is 0 Å². The van der Waals surface area contributed by atoms with Gasteiger partial charge < -0.3 is 4.90 Å². The number of fused-ring (bicyclic) bond motifs is 12. The second-order valence-electron chi connectivity index (χ2n) is 15.6. The van der Waals surface area contributed by atoms with Crippen LogP contribution in [0.25, 0.3) is 65.7 Å². The van der Waals surface area contributed by atoms with E-state index in [0.717, 1.165) is 11.4 Å². The SMILES string of the molecule is c1ccc(-c2ccc(N(c3ccc(-c4ccccc4)c(-c4ccccc4)c3)c3cccc4c3-c3c(sc5ccccc35)C43c4ccccc4-c4ccccc43)cc2)cc1. The largest absolute Gasteiger partial charge is 0.310 e. The van der Waals surface area contributed by atoms with E-state index < -0.39 is 5.41 Å². The van der Waals surface area contributed by atoms with E-state index in [1.165, 1.54) is 93.0 Å². The van der Waals surface area contributed by atoms with Crippen LogP contribution in [0.3, 0.4) is 0 Å². The van der Waals surface area contributed by atoms with E-state index in [0.29, 0.717) is 0 Å². The molecular weight excluding hydrogens is 731 g/mol. The maximum atomic E-state index is 2.51. The fraction of sp³-hybridized carbons (Fsp3) is 0.0175. The molecule has 1 heterocycles. The Morgan fingerprint density at radius 3 is 1.54 bits per heavy atom. The molecule has 10 aromatic rings. The summed E-state index contributed by atoms with van der Waals surface area (Å²) in [5.74, 6) is 0. The molecule has 0 atom stereocenters. The van der Waals surface area contributed by atoms with Gasteiger partial charge in [-0.1, -0.05) is 188 Å². The molecule has 0 amide bonds. The molecule has 0 radical (unpaired) electrons. The number of thiophene rings is 1. The lowest BCUT2D eigenvalue weighted by molar-refractivity contribution is 0.811. The van der Waals surface area contributed by atoms with Crippen molar-refractivity contribution in [3.05, 3.63) is 246 Å². The second kappa shape index (κ2) is 13.4. The number of nitrogens with zero attached hydrogens (tertiary/aromatic N) is 1. The van der Waals surface area contributed by atoms with E-state index >= 15 is 0 Å². The van der Waals surface area contributed by atoms with E-state index in [4.69, 9.17) is 0 Å². The summed E-state index contributed by atoms with van der Waals surface area (Å²) in [6, 6.07) is 82.7. The van der Waals surface area contributed by atoms with E-state index in [1.807, 2.05) is 11.3 Å². The van der Waals surface area contributed by atoms with Gasteiger partial charge in [-0.25, -0.2) is 0 Å². The normalized spacial score (nSPS) is 12.9. The number of rotatable bonds is 6. The first-order valence-corrected chi connectivity index (χ1v) is 21.2. The van der Waals surface area contributed by atoms with Crippen LogP contribution in [-0.2, 0) is 5.41 Å². The maximum absolute atomic E-state index is 2.51. The van der Waals surface area contributed by atoms with Crippen LogP contribution >= 0.6 is 11.3 Å². The molecule has 0 aliphatic heterocycles. The van der Waals surface area contributed by atoms with Crippen LogP contribution < -0.4 is 4.90 Å². The fourth-order valence-corrected chi connectivity index (χ4v) is 11.5. The van der Waals surface area contributed by atoms with Crippen molar-refractivity contribution >= 4 is 38.5 Å². The highest BCUT2D eigenvalue weighted by Crippen LogP contribution is 2.67. The van der Waals surface area contributed by atoms with Gasteiger partial charge >= 0.3 is 0 Å². The molecular formula is C57H37NS. The van der Waals surface area contributed by atoms with Crippen LogP contribution in [-0.4, -0.2) is 0 Å². The van der Waals surface area contributed by atoms with Crippen LogP contribution in [0.15, 0.2) is 224 Å². The summed E-state index contributed by atoms with van der Waals surface area (Å²) in [5.41, 5.74) is 19.5. The first-order chi connectivity index (χ1) is 29.3. The van der Waals surface area contributed by atoms with E-state index in [9.17, 15) is 0 Å². The molecule has 2 aliphatic carbocycles. The van der Waals surface area contributed by atoms with E-state index in [1.54, 1.807) is 0 Å². The molecule has 1 spiro atoms. The Bertz CT molecular complexity index is 3150. The van der Waals surface area contributed by atoms with Crippen LogP contribution in [0.4, 0.5) is 17.1 Å². The highest BCUT2D eigenvalue weighted by molar-refractivity contribution is 7.20. The monoisotopic (exact) mass is 767 g/mol. The Hall–Kier alpha value is -7.26. The summed E-state index contributed by atoms with van der Waals surface area (Å²) >= 11 is 1.96. The first kappa shape index (κ1) is 33.8. The van der Waals surface area contributed by atoms with Gasteiger partial charge in [0.2, 0.25) is 0 Å². The molecule has 0 saturated heterocycles.